The molecule has 0 radical (unpaired) electrons. The first-order chi connectivity index (χ1) is 11.9. The molecule has 1 saturated carbocycles. The minimum absolute atomic E-state index is 0.0562. The maximum Gasteiger partial charge on any atom is 0.268 e. The van der Waals surface area contributed by atoms with Gasteiger partial charge in [-0.25, -0.2) is 4.98 Å². The van der Waals surface area contributed by atoms with E-state index < -0.39 is 8.07 Å². The second-order valence-corrected chi connectivity index (χ2v) is 15.1. The number of hydrogen-bond donors (Lipinski definition) is 2. The largest absolute Gasteiger partial charge is 0.348 e. The molecular formula is C19H29N3OSSi. The summed E-state index contributed by atoms with van der Waals surface area (Å²) < 4.78 is 1.17. The quantitative estimate of drug-likeness (QED) is 0.725. The standard InChI is InChI=1S/C19H29N3OSSi/c1-12-15(21-17-16(12)24-19(22-17)13-7-8-13)18(23)20-14-6-4-5-10-25(2,3)11-9-14/h13-14,21H,4-11H2,1-3H3,(H,20,23). The maximum absolute atomic E-state index is 12.8. The normalized spacial score (nSPS) is 24.0. The van der Waals surface area contributed by atoms with E-state index in [0.717, 1.165) is 29.7 Å². The maximum atomic E-state index is 12.8. The van der Waals surface area contributed by atoms with Crippen molar-refractivity contribution in [1.82, 2.24) is 15.3 Å². The van der Waals surface area contributed by atoms with Crippen LogP contribution in [0.4, 0.5) is 0 Å². The summed E-state index contributed by atoms with van der Waals surface area (Å²) in [5, 5.41) is 4.55. The van der Waals surface area contributed by atoms with Gasteiger partial charge in [0.15, 0.2) is 0 Å². The Bertz CT molecular complexity index is 790. The molecule has 4 rings (SSSR count). The van der Waals surface area contributed by atoms with Crippen LogP contribution >= 0.6 is 11.3 Å². The molecule has 3 heterocycles. The Kier molecular flexibility index (Phi) is 4.52. The highest BCUT2D eigenvalue weighted by Crippen LogP contribution is 2.44. The number of nitrogens with zero attached hydrogens (tertiary/aromatic N) is 1. The Hall–Kier alpha value is -1.14. The summed E-state index contributed by atoms with van der Waals surface area (Å²) in [7, 11) is -1.05. The highest BCUT2D eigenvalue weighted by Gasteiger charge is 2.29. The number of aromatic nitrogens is 2. The third-order valence-electron chi connectivity index (χ3n) is 5.92. The monoisotopic (exact) mass is 375 g/mol. The third-order valence-corrected chi connectivity index (χ3v) is 10.6. The van der Waals surface area contributed by atoms with Crippen molar-refractivity contribution in [2.75, 3.05) is 0 Å². The van der Waals surface area contributed by atoms with Crippen molar-refractivity contribution in [3.05, 3.63) is 16.3 Å². The van der Waals surface area contributed by atoms with Gasteiger partial charge >= 0.3 is 0 Å². The van der Waals surface area contributed by atoms with Gasteiger partial charge < -0.3 is 10.3 Å². The van der Waals surface area contributed by atoms with E-state index in [9.17, 15) is 4.79 Å². The number of aromatic amines is 1. The van der Waals surface area contributed by atoms with Gasteiger partial charge in [-0.15, -0.1) is 11.3 Å². The van der Waals surface area contributed by atoms with Gasteiger partial charge in [0.05, 0.1) is 9.71 Å². The van der Waals surface area contributed by atoms with Crippen LogP contribution in [-0.2, 0) is 0 Å². The zero-order valence-corrected chi connectivity index (χ0v) is 17.4. The number of amides is 1. The van der Waals surface area contributed by atoms with Crippen LogP contribution in [0.2, 0.25) is 25.2 Å². The molecular weight excluding hydrogens is 346 g/mol. The minimum atomic E-state index is -1.05. The second-order valence-electron chi connectivity index (χ2n) is 8.75. The van der Waals surface area contributed by atoms with Crippen molar-refractivity contribution in [2.24, 2.45) is 0 Å². The molecule has 0 aromatic carbocycles. The highest BCUT2D eigenvalue weighted by molar-refractivity contribution is 7.18. The van der Waals surface area contributed by atoms with E-state index >= 15 is 0 Å². The molecule has 1 unspecified atom stereocenters. The Morgan fingerprint density at radius 1 is 1.20 bits per heavy atom. The number of fused-ring (bicyclic) bond motifs is 1. The van der Waals surface area contributed by atoms with Gasteiger partial charge in [-0.1, -0.05) is 38.0 Å². The number of hydrogen-bond acceptors (Lipinski definition) is 3. The second kappa shape index (κ2) is 6.54. The molecule has 2 aromatic heterocycles. The van der Waals surface area contributed by atoms with Crippen molar-refractivity contribution in [2.45, 2.75) is 82.6 Å². The van der Waals surface area contributed by atoms with Crippen LogP contribution in [0.25, 0.3) is 10.3 Å². The van der Waals surface area contributed by atoms with Crippen LogP contribution < -0.4 is 5.32 Å². The van der Waals surface area contributed by atoms with Crippen LogP contribution in [0.15, 0.2) is 0 Å². The highest BCUT2D eigenvalue weighted by atomic mass is 32.1. The lowest BCUT2D eigenvalue weighted by Crippen LogP contribution is -2.38. The van der Waals surface area contributed by atoms with Gasteiger partial charge in [-0.05, 0) is 38.2 Å². The van der Waals surface area contributed by atoms with Crippen LogP contribution in [0.3, 0.4) is 0 Å². The van der Waals surface area contributed by atoms with Gasteiger partial charge in [-0.2, -0.15) is 0 Å². The average molecular weight is 376 g/mol. The predicted octanol–water partition coefficient (Wildman–Crippen LogP) is 5.19. The van der Waals surface area contributed by atoms with Gasteiger partial charge in [0, 0.05) is 20.0 Å². The fourth-order valence-electron chi connectivity index (χ4n) is 3.96. The number of aryl methyl sites for hydroxylation is 1. The first kappa shape index (κ1) is 17.3. The smallest absolute Gasteiger partial charge is 0.268 e. The van der Waals surface area contributed by atoms with E-state index in [1.54, 1.807) is 11.3 Å². The first-order valence-electron chi connectivity index (χ1n) is 9.73. The van der Waals surface area contributed by atoms with Crippen molar-refractivity contribution in [3.63, 3.8) is 0 Å². The zero-order valence-electron chi connectivity index (χ0n) is 15.6. The fraction of sp³-hybridized carbons (Fsp3) is 0.684. The van der Waals surface area contributed by atoms with Crippen molar-refractivity contribution >= 4 is 35.7 Å². The SMILES string of the molecule is Cc1c(C(=O)NC2CCCC[Si](C)(C)CC2)[nH]c2nc(C3CC3)sc12. The van der Waals surface area contributed by atoms with Crippen LogP contribution in [0, 0.1) is 6.92 Å². The summed E-state index contributed by atoms with van der Waals surface area (Å²) in [6.45, 7) is 7.03. The molecule has 4 nitrogen and oxygen atoms in total. The van der Waals surface area contributed by atoms with Gasteiger partial charge in [0.2, 0.25) is 0 Å². The molecule has 1 saturated heterocycles. The Morgan fingerprint density at radius 2 is 2.00 bits per heavy atom. The molecule has 2 fully saturated rings. The lowest BCUT2D eigenvalue weighted by Gasteiger charge is -2.29. The van der Waals surface area contributed by atoms with Crippen LogP contribution in [-0.4, -0.2) is 30.0 Å². The van der Waals surface area contributed by atoms with Crippen LogP contribution in [0.5, 0.6) is 0 Å². The zero-order chi connectivity index (χ0) is 17.6. The van der Waals surface area contributed by atoms with Gasteiger partial charge in [0.25, 0.3) is 5.91 Å². The number of rotatable bonds is 3. The summed E-state index contributed by atoms with van der Waals surface area (Å²) in [4.78, 5) is 20.9. The summed E-state index contributed by atoms with van der Waals surface area (Å²) in [6, 6.07) is 3.09. The topological polar surface area (TPSA) is 57.8 Å². The van der Waals surface area contributed by atoms with E-state index in [-0.39, 0.29) is 5.91 Å². The van der Waals surface area contributed by atoms with Gasteiger partial charge in [-0.3, -0.25) is 4.79 Å². The Morgan fingerprint density at radius 3 is 2.72 bits per heavy atom. The van der Waals surface area contributed by atoms with E-state index in [1.807, 2.05) is 0 Å². The van der Waals surface area contributed by atoms with E-state index in [1.165, 1.54) is 47.5 Å². The third kappa shape index (κ3) is 3.70. The molecule has 2 aromatic rings. The van der Waals surface area contributed by atoms with E-state index in [2.05, 4.69) is 30.3 Å². The number of carbonyl (C=O) groups is 1. The Balaban J connectivity index is 1.47. The van der Waals surface area contributed by atoms with E-state index in [4.69, 9.17) is 4.98 Å². The molecule has 0 spiro atoms. The molecule has 1 atom stereocenters. The lowest BCUT2D eigenvalue weighted by atomic mass is 10.1. The summed E-state index contributed by atoms with van der Waals surface area (Å²) in [6.07, 6.45) is 7.37. The van der Waals surface area contributed by atoms with Gasteiger partial charge in [0.1, 0.15) is 11.3 Å². The average Bonchev–Trinajstić information content (AvgIpc) is 3.24. The first-order valence-corrected chi connectivity index (χ1v) is 14.0. The molecule has 25 heavy (non-hydrogen) atoms. The van der Waals surface area contributed by atoms with Crippen LogP contribution in [0.1, 0.15) is 65.5 Å². The molecule has 0 bridgehead atoms. The number of thiazole rings is 1. The molecule has 1 amide bonds. The molecule has 1 aliphatic carbocycles. The summed E-state index contributed by atoms with van der Waals surface area (Å²) in [5.74, 6) is 0.727. The number of carbonyl (C=O) groups excluding carboxylic acids is 1. The number of H-pyrrole nitrogens is 1. The predicted molar refractivity (Wildman–Crippen MR) is 108 cm³/mol. The van der Waals surface area contributed by atoms with E-state index in [0.29, 0.717) is 12.0 Å². The molecule has 136 valence electrons. The molecule has 2 N–H and O–H groups in total. The molecule has 1 aliphatic heterocycles. The molecule has 6 heteroatoms. The fourth-order valence-corrected chi connectivity index (χ4v) is 7.75. The van der Waals surface area contributed by atoms with Crippen molar-refractivity contribution in [1.29, 1.82) is 0 Å². The number of nitrogens with one attached hydrogen (secondary N) is 2. The lowest BCUT2D eigenvalue weighted by molar-refractivity contribution is 0.0928. The molecule has 2 aliphatic rings. The Labute approximate surface area is 154 Å². The van der Waals surface area contributed by atoms with Crippen molar-refractivity contribution < 1.29 is 4.79 Å². The summed E-state index contributed by atoms with van der Waals surface area (Å²) in [5.41, 5.74) is 2.69. The minimum Gasteiger partial charge on any atom is -0.348 e. The van der Waals surface area contributed by atoms with Crippen molar-refractivity contribution in [3.8, 4) is 0 Å². The summed E-state index contributed by atoms with van der Waals surface area (Å²) >= 11 is 1.77.